The maximum atomic E-state index is 12.2. The molecule has 2 rings (SSSR count). The molecule has 0 N–H and O–H groups in total. The van der Waals surface area contributed by atoms with Gasteiger partial charge >= 0.3 is 12.1 Å². The number of carbonyl (C=O) groups is 2. The van der Waals surface area contributed by atoms with Crippen LogP contribution in [0.1, 0.15) is 31.1 Å². The van der Waals surface area contributed by atoms with Gasteiger partial charge in [0.2, 0.25) is 0 Å². The van der Waals surface area contributed by atoms with Crippen LogP contribution < -0.4 is 4.74 Å². The van der Waals surface area contributed by atoms with Gasteiger partial charge in [0, 0.05) is 18.5 Å². The fourth-order valence-electron chi connectivity index (χ4n) is 2.41. The van der Waals surface area contributed by atoms with Crippen molar-refractivity contribution in [3.63, 3.8) is 0 Å². The molecule has 0 fully saturated rings. The summed E-state index contributed by atoms with van der Waals surface area (Å²) in [5, 5.41) is 1.41. The fourth-order valence-corrected chi connectivity index (χ4v) is 2.41. The monoisotopic (exact) mass is 315 g/mol. The predicted octanol–water partition coefficient (Wildman–Crippen LogP) is 3.86. The second kappa shape index (κ2) is 7.63. The third kappa shape index (κ3) is 3.62. The first-order valence-corrected chi connectivity index (χ1v) is 7.77. The molecule has 2 aromatic rings. The van der Waals surface area contributed by atoms with E-state index >= 15 is 0 Å². The molecule has 0 saturated carbocycles. The Bertz CT molecular complexity index is 702. The first-order chi connectivity index (χ1) is 11.1. The summed E-state index contributed by atoms with van der Waals surface area (Å²) in [4.78, 5) is 26.0. The highest BCUT2D eigenvalue weighted by atomic mass is 16.6. The minimum atomic E-state index is -0.429. The van der Waals surface area contributed by atoms with Crippen molar-refractivity contribution in [3.05, 3.63) is 42.0 Å². The molecule has 0 aliphatic heterocycles. The van der Waals surface area contributed by atoms with Crippen LogP contribution >= 0.6 is 0 Å². The zero-order valence-electron chi connectivity index (χ0n) is 13.7. The maximum Gasteiger partial charge on any atom is 0.415 e. The van der Waals surface area contributed by atoms with Crippen molar-refractivity contribution in [2.24, 2.45) is 0 Å². The summed E-state index contributed by atoms with van der Waals surface area (Å²) in [5.74, 6) is -0.0625. The van der Waals surface area contributed by atoms with Crippen LogP contribution in [0.25, 0.3) is 10.8 Å². The lowest BCUT2D eigenvalue weighted by molar-refractivity contribution is 0.0528. The van der Waals surface area contributed by atoms with Crippen molar-refractivity contribution in [2.45, 2.75) is 20.8 Å². The van der Waals surface area contributed by atoms with Gasteiger partial charge in [-0.05, 0) is 38.3 Å². The van der Waals surface area contributed by atoms with Crippen LogP contribution in [0.5, 0.6) is 5.75 Å². The van der Waals surface area contributed by atoms with E-state index in [4.69, 9.17) is 9.47 Å². The Balaban J connectivity index is 2.47. The van der Waals surface area contributed by atoms with Gasteiger partial charge in [-0.3, -0.25) is 0 Å². The highest BCUT2D eigenvalue weighted by Gasteiger charge is 2.18. The van der Waals surface area contributed by atoms with Crippen LogP contribution in [0, 0.1) is 0 Å². The molecule has 5 heteroatoms. The van der Waals surface area contributed by atoms with E-state index in [1.807, 2.05) is 26.0 Å². The van der Waals surface area contributed by atoms with Gasteiger partial charge in [-0.25, -0.2) is 9.59 Å². The Morgan fingerprint density at radius 2 is 1.65 bits per heavy atom. The van der Waals surface area contributed by atoms with Crippen molar-refractivity contribution < 1.29 is 19.1 Å². The third-order valence-corrected chi connectivity index (χ3v) is 3.58. The molecular weight excluding hydrogens is 294 g/mol. The molecule has 0 aromatic heterocycles. The molecule has 0 heterocycles. The molecule has 1 amide bonds. The highest BCUT2D eigenvalue weighted by Crippen LogP contribution is 2.30. The zero-order chi connectivity index (χ0) is 16.8. The van der Waals surface area contributed by atoms with E-state index in [2.05, 4.69) is 0 Å². The van der Waals surface area contributed by atoms with Gasteiger partial charge in [0.25, 0.3) is 0 Å². The van der Waals surface area contributed by atoms with E-state index in [0.717, 1.165) is 5.39 Å². The van der Waals surface area contributed by atoms with Crippen molar-refractivity contribution >= 4 is 22.8 Å². The molecule has 0 spiro atoms. The number of carbonyl (C=O) groups excluding carboxylic acids is 2. The Morgan fingerprint density at radius 1 is 1.00 bits per heavy atom. The summed E-state index contributed by atoms with van der Waals surface area (Å²) in [7, 11) is 0. The molecule has 5 nitrogen and oxygen atoms in total. The van der Waals surface area contributed by atoms with Crippen LogP contribution in [-0.4, -0.2) is 36.7 Å². The SMILES string of the molecule is CCOC(=O)c1cccc2cccc(OC(=O)N(CC)CC)c12. The molecule has 0 aliphatic rings. The molecule has 0 atom stereocenters. The average molecular weight is 315 g/mol. The summed E-state index contributed by atoms with van der Waals surface area (Å²) >= 11 is 0. The molecule has 2 aromatic carbocycles. The topological polar surface area (TPSA) is 55.8 Å². The van der Waals surface area contributed by atoms with Crippen LogP contribution in [0.2, 0.25) is 0 Å². The van der Waals surface area contributed by atoms with E-state index < -0.39 is 12.1 Å². The van der Waals surface area contributed by atoms with Crippen molar-refractivity contribution in [2.75, 3.05) is 19.7 Å². The zero-order valence-corrected chi connectivity index (χ0v) is 13.7. The highest BCUT2D eigenvalue weighted by molar-refractivity contribution is 6.07. The summed E-state index contributed by atoms with van der Waals surface area (Å²) in [5.41, 5.74) is 0.396. The lowest BCUT2D eigenvalue weighted by Crippen LogP contribution is -2.33. The van der Waals surface area contributed by atoms with E-state index in [1.54, 1.807) is 36.1 Å². The van der Waals surface area contributed by atoms with Gasteiger partial charge < -0.3 is 14.4 Å². The van der Waals surface area contributed by atoms with Crippen molar-refractivity contribution in [3.8, 4) is 5.75 Å². The van der Waals surface area contributed by atoms with Gasteiger partial charge in [-0.2, -0.15) is 0 Å². The van der Waals surface area contributed by atoms with Crippen LogP contribution in [0.15, 0.2) is 36.4 Å². The molecule has 0 radical (unpaired) electrons. The second-order valence-corrected chi connectivity index (χ2v) is 4.92. The number of esters is 1. The summed E-state index contributed by atoms with van der Waals surface area (Å²) < 4.78 is 10.6. The first kappa shape index (κ1) is 16.8. The molecular formula is C18H21NO4. The van der Waals surface area contributed by atoms with E-state index in [1.165, 1.54) is 0 Å². The minimum Gasteiger partial charge on any atom is -0.462 e. The van der Waals surface area contributed by atoms with Gasteiger partial charge in [-0.15, -0.1) is 0 Å². The number of fused-ring (bicyclic) bond motifs is 1. The molecule has 23 heavy (non-hydrogen) atoms. The van der Waals surface area contributed by atoms with Crippen LogP contribution in [-0.2, 0) is 4.74 Å². The predicted molar refractivity (Wildman–Crippen MR) is 88.8 cm³/mol. The maximum absolute atomic E-state index is 12.2. The quantitative estimate of drug-likeness (QED) is 0.786. The normalized spacial score (nSPS) is 10.4. The number of ether oxygens (including phenoxy) is 2. The van der Waals surface area contributed by atoms with Crippen LogP contribution in [0.4, 0.5) is 4.79 Å². The summed E-state index contributed by atoms with van der Waals surface area (Å²) in [6.07, 6.45) is -0.429. The fraction of sp³-hybridized carbons (Fsp3) is 0.333. The molecule has 0 saturated heterocycles. The van der Waals surface area contributed by atoms with E-state index in [-0.39, 0.29) is 6.61 Å². The Morgan fingerprint density at radius 3 is 2.26 bits per heavy atom. The van der Waals surface area contributed by atoms with Crippen molar-refractivity contribution in [1.29, 1.82) is 0 Å². The molecule has 0 aliphatic carbocycles. The van der Waals surface area contributed by atoms with Crippen LogP contribution in [0.3, 0.4) is 0 Å². The number of rotatable bonds is 5. The average Bonchev–Trinajstić information content (AvgIpc) is 2.56. The van der Waals surface area contributed by atoms with Gasteiger partial charge in [0.15, 0.2) is 0 Å². The summed E-state index contributed by atoms with van der Waals surface area (Å²) in [6.45, 7) is 6.94. The number of nitrogens with zero attached hydrogens (tertiary/aromatic N) is 1. The van der Waals surface area contributed by atoms with Gasteiger partial charge in [0.1, 0.15) is 5.75 Å². The third-order valence-electron chi connectivity index (χ3n) is 3.58. The Hall–Kier alpha value is -2.56. The number of hydrogen-bond acceptors (Lipinski definition) is 4. The lowest BCUT2D eigenvalue weighted by atomic mass is 10.0. The van der Waals surface area contributed by atoms with Gasteiger partial charge in [-0.1, -0.05) is 24.3 Å². The summed E-state index contributed by atoms with van der Waals surface area (Å²) in [6, 6.07) is 10.7. The van der Waals surface area contributed by atoms with Crippen molar-refractivity contribution in [1.82, 2.24) is 4.90 Å². The molecule has 122 valence electrons. The Kier molecular flexibility index (Phi) is 5.57. The standard InChI is InChI=1S/C18H21NO4/c1-4-19(5-2)18(21)23-15-12-8-10-13-9-7-11-14(16(13)15)17(20)22-6-3/h7-12H,4-6H2,1-3H3. The van der Waals surface area contributed by atoms with E-state index in [9.17, 15) is 9.59 Å². The smallest absolute Gasteiger partial charge is 0.415 e. The largest absolute Gasteiger partial charge is 0.462 e. The van der Waals surface area contributed by atoms with E-state index in [0.29, 0.717) is 29.8 Å². The van der Waals surface area contributed by atoms with Gasteiger partial charge in [0.05, 0.1) is 12.2 Å². The minimum absolute atomic E-state index is 0.288. The number of benzene rings is 2. The molecule has 0 unspecified atom stereocenters. The first-order valence-electron chi connectivity index (χ1n) is 7.77. The number of hydrogen-bond donors (Lipinski definition) is 0. The number of amides is 1. The molecule has 0 bridgehead atoms. The Labute approximate surface area is 135 Å². The lowest BCUT2D eigenvalue weighted by Gasteiger charge is -2.19. The second-order valence-electron chi connectivity index (χ2n) is 4.92.